The summed E-state index contributed by atoms with van der Waals surface area (Å²) in [6.07, 6.45) is 2.20. The van der Waals surface area contributed by atoms with Gasteiger partial charge in [0, 0.05) is 26.1 Å². The maximum absolute atomic E-state index is 11.6. The number of carbonyl (C=O) groups is 2. The van der Waals surface area contributed by atoms with Gasteiger partial charge in [-0.2, -0.15) is 0 Å². The molecule has 0 aromatic carbocycles. The molecule has 3 aliphatic rings. The standard InChI is InChI=1S/C14H22N3O5/c18-9-7-11(13(21)22)17(8-9)14(4-2-5-15-14)16-6-1-3-10(16)12(19)20/h9-11,18H,1-8H2,(H,19,20)(H,21,22). The third-order valence-electron chi connectivity index (χ3n) is 5.06. The summed E-state index contributed by atoms with van der Waals surface area (Å²) in [5.74, 6) is -2.75. The van der Waals surface area contributed by atoms with Gasteiger partial charge in [0.25, 0.3) is 0 Å². The van der Waals surface area contributed by atoms with Crippen LogP contribution in [0.1, 0.15) is 32.1 Å². The lowest BCUT2D eigenvalue weighted by atomic mass is 10.1. The van der Waals surface area contributed by atoms with E-state index in [9.17, 15) is 24.9 Å². The number of aliphatic hydroxyl groups excluding tert-OH is 1. The molecule has 0 aliphatic carbocycles. The molecule has 8 heteroatoms. The molecule has 22 heavy (non-hydrogen) atoms. The lowest BCUT2D eigenvalue weighted by molar-refractivity contribution is -0.160. The monoisotopic (exact) mass is 312 g/mol. The molecule has 4 atom stereocenters. The van der Waals surface area contributed by atoms with Crippen LogP contribution in [0, 0.1) is 0 Å². The van der Waals surface area contributed by atoms with Crippen LogP contribution >= 0.6 is 0 Å². The van der Waals surface area contributed by atoms with Crippen LogP contribution in [0.15, 0.2) is 0 Å². The first-order valence-corrected chi connectivity index (χ1v) is 7.81. The summed E-state index contributed by atoms with van der Waals surface area (Å²) in [7, 11) is 0. The van der Waals surface area contributed by atoms with Crippen molar-refractivity contribution in [2.75, 3.05) is 19.6 Å². The summed E-state index contributed by atoms with van der Waals surface area (Å²) in [4.78, 5) is 26.7. The molecule has 1 radical (unpaired) electrons. The number of nitrogens with zero attached hydrogens (tertiary/aromatic N) is 3. The fourth-order valence-corrected chi connectivity index (χ4v) is 4.18. The van der Waals surface area contributed by atoms with E-state index in [1.165, 1.54) is 0 Å². The summed E-state index contributed by atoms with van der Waals surface area (Å²) in [5.41, 5.74) is 0. The first-order valence-electron chi connectivity index (χ1n) is 7.81. The number of β-amino-alcohol motifs (C(OH)–C–C–N with tert-alkyl or cyclic N) is 1. The number of carboxylic acid groups (broad SMARTS) is 2. The molecule has 123 valence electrons. The fraction of sp³-hybridized carbons (Fsp3) is 0.857. The van der Waals surface area contributed by atoms with Crippen LogP contribution in [0.4, 0.5) is 0 Å². The van der Waals surface area contributed by atoms with E-state index in [1.807, 2.05) is 4.90 Å². The molecule has 3 fully saturated rings. The Balaban J connectivity index is 1.94. The Bertz CT molecular complexity index is 465. The summed E-state index contributed by atoms with van der Waals surface area (Å²) >= 11 is 0. The van der Waals surface area contributed by atoms with Gasteiger partial charge in [-0.3, -0.25) is 19.4 Å². The molecule has 8 nitrogen and oxygen atoms in total. The second kappa shape index (κ2) is 5.77. The van der Waals surface area contributed by atoms with E-state index >= 15 is 0 Å². The maximum atomic E-state index is 11.6. The van der Waals surface area contributed by atoms with Crippen LogP contribution < -0.4 is 5.32 Å². The molecule has 0 aromatic rings. The lowest BCUT2D eigenvalue weighted by Gasteiger charge is -2.47. The zero-order valence-corrected chi connectivity index (χ0v) is 12.4. The molecule has 3 N–H and O–H groups in total. The van der Waals surface area contributed by atoms with Crippen molar-refractivity contribution in [3.05, 3.63) is 0 Å². The molecule has 0 bridgehead atoms. The smallest absolute Gasteiger partial charge is 0.321 e. The van der Waals surface area contributed by atoms with E-state index in [0.29, 0.717) is 25.9 Å². The predicted molar refractivity (Wildman–Crippen MR) is 75.1 cm³/mol. The molecule has 0 spiro atoms. The zero-order chi connectivity index (χ0) is 15.9. The van der Waals surface area contributed by atoms with Crippen LogP contribution in [-0.4, -0.2) is 80.7 Å². The van der Waals surface area contributed by atoms with Gasteiger partial charge in [-0.05, 0) is 25.7 Å². The van der Waals surface area contributed by atoms with E-state index in [4.69, 9.17) is 0 Å². The largest absolute Gasteiger partial charge is 0.480 e. The van der Waals surface area contributed by atoms with Crippen molar-refractivity contribution < 1.29 is 24.9 Å². The third kappa shape index (κ3) is 2.40. The molecule has 4 unspecified atom stereocenters. The molecule has 0 amide bonds. The lowest BCUT2D eigenvalue weighted by Crippen LogP contribution is -2.68. The molecular weight excluding hydrogens is 290 g/mol. The third-order valence-corrected chi connectivity index (χ3v) is 5.06. The maximum Gasteiger partial charge on any atom is 0.321 e. The Labute approximate surface area is 128 Å². The van der Waals surface area contributed by atoms with Gasteiger partial charge in [0.2, 0.25) is 0 Å². The highest BCUT2D eigenvalue weighted by Crippen LogP contribution is 2.39. The van der Waals surface area contributed by atoms with Gasteiger partial charge >= 0.3 is 11.9 Å². The molecule has 3 rings (SSSR count). The predicted octanol–water partition coefficient (Wildman–Crippen LogP) is -0.893. The van der Waals surface area contributed by atoms with Crippen molar-refractivity contribution in [1.82, 2.24) is 15.1 Å². The van der Waals surface area contributed by atoms with Gasteiger partial charge in [-0.25, -0.2) is 5.32 Å². The number of carboxylic acids is 2. The summed E-state index contributed by atoms with van der Waals surface area (Å²) in [6, 6.07) is -1.44. The summed E-state index contributed by atoms with van der Waals surface area (Å²) in [5, 5.41) is 33.5. The molecule has 3 heterocycles. The van der Waals surface area contributed by atoms with Gasteiger partial charge in [-0.15, -0.1) is 0 Å². The number of hydrogen-bond acceptors (Lipinski definition) is 5. The zero-order valence-electron chi connectivity index (χ0n) is 12.4. The minimum atomic E-state index is -0.982. The Morgan fingerprint density at radius 2 is 1.82 bits per heavy atom. The van der Waals surface area contributed by atoms with E-state index in [2.05, 4.69) is 5.32 Å². The Kier molecular flexibility index (Phi) is 4.11. The first kappa shape index (κ1) is 15.7. The van der Waals surface area contributed by atoms with E-state index in [0.717, 1.165) is 12.8 Å². The van der Waals surface area contributed by atoms with Crippen molar-refractivity contribution in [2.45, 2.75) is 56.1 Å². The van der Waals surface area contributed by atoms with Crippen molar-refractivity contribution in [1.29, 1.82) is 0 Å². The molecule has 0 aromatic heterocycles. The Morgan fingerprint density at radius 1 is 1.09 bits per heavy atom. The average Bonchev–Trinajstić information content (AvgIpc) is 3.16. The summed E-state index contributed by atoms with van der Waals surface area (Å²) in [6.45, 7) is 1.42. The first-order chi connectivity index (χ1) is 10.5. The molecule has 3 aliphatic heterocycles. The van der Waals surface area contributed by atoms with Crippen LogP contribution in [0.25, 0.3) is 0 Å². The van der Waals surface area contributed by atoms with Gasteiger partial charge in [0.15, 0.2) is 0 Å². The van der Waals surface area contributed by atoms with Gasteiger partial charge < -0.3 is 15.3 Å². The van der Waals surface area contributed by atoms with Gasteiger partial charge in [-0.1, -0.05) is 0 Å². The number of hydrogen-bond donors (Lipinski definition) is 3. The van der Waals surface area contributed by atoms with Crippen LogP contribution in [-0.2, 0) is 9.59 Å². The number of likely N-dealkylation sites (tertiary alicyclic amines) is 2. The van der Waals surface area contributed by atoms with Crippen molar-refractivity contribution >= 4 is 11.9 Å². The molecular formula is C14H22N3O5. The Morgan fingerprint density at radius 3 is 2.41 bits per heavy atom. The SMILES string of the molecule is O=C(O)C1CCCN1C1(N2CC(O)CC2C(=O)O)CCC[N]1. The van der Waals surface area contributed by atoms with Crippen molar-refractivity contribution in [2.24, 2.45) is 0 Å². The highest BCUT2D eigenvalue weighted by Gasteiger charge is 2.56. The normalized spacial score (nSPS) is 40.3. The quantitative estimate of drug-likeness (QED) is 0.616. The minimum absolute atomic E-state index is 0.165. The summed E-state index contributed by atoms with van der Waals surface area (Å²) < 4.78 is 0. The van der Waals surface area contributed by atoms with Crippen LogP contribution in [0.5, 0.6) is 0 Å². The van der Waals surface area contributed by atoms with Gasteiger partial charge in [0.05, 0.1) is 6.10 Å². The number of aliphatic hydroxyl groups is 1. The van der Waals surface area contributed by atoms with Crippen LogP contribution in [0.2, 0.25) is 0 Å². The van der Waals surface area contributed by atoms with Crippen LogP contribution in [0.3, 0.4) is 0 Å². The van der Waals surface area contributed by atoms with E-state index in [1.54, 1.807) is 4.90 Å². The fourth-order valence-electron chi connectivity index (χ4n) is 4.18. The molecule has 0 saturated carbocycles. The molecule has 3 saturated heterocycles. The average molecular weight is 312 g/mol. The Hall–Kier alpha value is -1.22. The van der Waals surface area contributed by atoms with Crippen molar-refractivity contribution in [3.8, 4) is 0 Å². The highest BCUT2D eigenvalue weighted by molar-refractivity contribution is 5.75. The van der Waals surface area contributed by atoms with Crippen molar-refractivity contribution in [3.63, 3.8) is 0 Å². The number of aliphatic carboxylic acids is 2. The number of rotatable bonds is 4. The highest BCUT2D eigenvalue weighted by atomic mass is 16.4. The second-order valence-corrected chi connectivity index (χ2v) is 6.35. The second-order valence-electron chi connectivity index (χ2n) is 6.35. The van der Waals surface area contributed by atoms with E-state index in [-0.39, 0.29) is 13.0 Å². The topological polar surface area (TPSA) is 115 Å². The van der Waals surface area contributed by atoms with Gasteiger partial charge in [0.1, 0.15) is 17.9 Å². The van der Waals surface area contributed by atoms with E-state index < -0.39 is 35.9 Å². The minimum Gasteiger partial charge on any atom is -0.480 e.